The van der Waals surface area contributed by atoms with Crippen molar-refractivity contribution >= 4 is 0 Å². The molecule has 1 spiro atoms. The van der Waals surface area contributed by atoms with Crippen molar-refractivity contribution < 1.29 is 4.39 Å². The molecule has 0 aromatic heterocycles. The van der Waals surface area contributed by atoms with Gasteiger partial charge in [-0.05, 0) is 55.2 Å². The molecule has 1 aliphatic heterocycles. The van der Waals surface area contributed by atoms with Crippen LogP contribution in [0.1, 0.15) is 63.4 Å². The van der Waals surface area contributed by atoms with Gasteiger partial charge in [0.2, 0.25) is 0 Å². The third-order valence-corrected chi connectivity index (χ3v) is 6.08. The number of piperidine rings is 1. The summed E-state index contributed by atoms with van der Waals surface area (Å²) < 4.78 is 14.3. The molecule has 3 unspecified atom stereocenters. The highest BCUT2D eigenvalue weighted by molar-refractivity contribution is 5.26. The molecule has 2 aliphatic rings. The van der Waals surface area contributed by atoms with Crippen molar-refractivity contribution in [3.05, 3.63) is 35.6 Å². The van der Waals surface area contributed by atoms with E-state index >= 15 is 0 Å². The van der Waals surface area contributed by atoms with Crippen LogP contribution in [0.3, 0.4) is 0 Å². The predicted molar refractivity (Wildman–Crippen MR) is 85.9 cm³/mol. The Bertz CT molecular complexity index is 472. The van der Waals surface area contributed by atoms with Crippen LogP contribution in [0.15, 0.2) is 24.3 Å². The van der Waals surface area contributed by atoms with E-state index in [1.54, 1.807) is 6.07 Å². The molecule has 0 amide bonds. The molecule has 1 saturated heterocycles. The average Bonchev–Trinajstić information content (AvgIpc) is 2.72. The molecule has 1 heterocycles. The fourth-order valence-electron chi connectivity index (χ4n) is 4.68. The van der Waals surface area contributed by atoms with Gasteiger partial charge in [0.1, 0.15) is 5.82 Å². The van der Waals surface area contributed by atoms with Crippen LogP contribution in [-0.2, 0) is 0 Å². The van der Waals surface area contributed by atoms with Crippen molar-refractivity contribution in [2.45, 2.75) is 57.8 Å². The Balaban J connectivity index is 1.89. The van der Waals surface area contributed by atoms with Crippen LogP contribution < -0.4 is 5.32 Å². The number of halogens is 1. The Morgan fingerprint density at radius 1 is 1.19 bits per heavy atom. The standard InChI is InChI=1S/C19H28FN/c1-2-15-6-5-10-19(11-9-15)12-13-21-14-17(19)16-7-3-4-8-18(16)20/h3-4,7-8,15,17,21H,2,5-6,9-14H2,1H3. The van der Waals surface area contributed by atoms with Gasteiger partial charge in [-0.1, -0.05) is 44.4 Å². The molecule has 3 rings (SSSR count). The SMILES string of the molecule is CCC1CCCC2(CCNCC2c2ccccc2F)CC1. The van der Waals surface area contributed by atoms with Crippen LogP contribution in [0, 0.1) is 17.2 Å². The minimum absolute atomic E-state index is 0.0122. The van der Waals surface area contributed by atoms with Gasteiger partial charge < -0.3 is 5.32 Å². The van der Waals surface area contributed by atoms with Gasteiger partial charge in [0.05, 0.1) is 0 Å². The van der Waals surface area contributed by atoms with Crippen molar-refractivity contribution in [2.24, 2.45) is 11.3 Å². The number of hydrogen-bond acceptors (Lipinski definition) is 1. The number of rotatable bonds is 2. The fourth-order valence-corrected chi connectivity index (χ4v) is 4.68. The van der Waals surface area contributed by atoms with Crippen LogP contribution in [0.4, 0.5) is 4.39 Å². The first-order valence-electron chi connectivity index (χ1n) is 8.70. The predicted octanol–water partition coefficient (Wildman–Crippen LogP) is 4.88. The highest BCUT2D eigenvalue weighted by atomic mass is 19.1. The summed E-state index contributed by atoms with van der Waals surface area (Å²) in [6, 6.07) is 7.44. The Morgan fingerprint density at radius 2 is 2.05 bits per heavy atom. The van der Waals surface area contributed by atoms with Crippen molar-refractivity contribution in [1.29, 1.82) is 0 Å². The van der Waals surface area contributed by atoms with Crippen LogP contribution in [-0.4, -0.2) is 13.1 Å². The number of nitrogens with one attached hydrogen (secondary N) is 1. The molecule has 3 atom stereocenters. The first kappa shape index (κ1) is 15.0. The van der Waals surface area contributed by atoms with Crippen molar-refractivity contribution in [3.63, 3.8) is 0 Å². The van der Waals surface area contributed by atoms with E-state index in [9.17, 15) is 4.39 Å². The maximum atomic E-state index is 14.3. The average molecular weight is 289 g/mol. The number of benzene rings is 1. The van der Waals surface area contributed by atoms with Gasteiger partial charge in [-0.2, -0.15) is 0 Å². The van der Waals surface area contributed by atoms with E-state index in [2.05, 4.69) is 12.2 Å². The highest BCUT2D eigenvalue weighted by Gasteiger charge is 2.43. The lowest BCUT2D eigenvalue weighted by Crippen LogP contribution is -2.43. The molecule has 1 aliphatic carbocycles. The second-order valence-corrected chi connectivity index (χ2v) is 7.10. The molecule has 1 aromatic rings. The van der Waals surface area contributed by atoms with E-state index in [1.807, 2.05) is 18.2 Å². The van der Waals surface area contributed by atoms with Crippen LogP contribution in [0.5, 0.6) is 0 Å². The molecule has 1 nitrogen and oxygen atoms in total. The minimum atomic E-state index is -0.0122. The first-order chi connectivity index (χ1) is 10.2. The van der Waals surface area contributed by atoms with Gasteiger partial charge in [-0.15, -0.1) is 0 Å². The first-order valence-corrected chi connectivity index (χ1v) is 8.70. The normalized spacial score (nSPS) is 33.8. The van der Waals surface area contributed by atoms with Crippen LogP contribution >= 0.6 is 0 Å². The second-order valence-electron chi connectivity index (χ2n) is 7.10. The molecule has 1 saturated carbocycles. The summed E-state index contributed by atoms with van der Waals surface area (Å²) >= 11 is 0. The van der Waals surface area contributed by atoms with Crippen molar-refractivity contribution in [2.75, 3.05) is 13.1 Å². The second kappa shape index (κ2) is 6.48. The third-order valence-electron chi connectivity index (χ3n) is 6.08. The molecule has 2 heteroatoms. The lowest BCUT2D eigenvalue weighted by Gasteiger charge is -2.45. The Labute approximate surface area is 128 Å². The minimum Gasteiger partial charge on any atom is -0.316 e. The lowest BCUT2D eigenvalue weighted by atomic mass is 9.63. The molecule has 21 heavy (non-hydrogen) atoms. The van der Waals surface area contributed by atoms with Crippen LogP contribution in [0.2, 0.25) is 0 Å². The maximum Gasteiger partial charge on any atom is 0.126 e. The Hall–Kier alpha value is -0.890. The zero-order valence-electron chi connectivity index (χ0n) is 13.2. The highest BCUT2D eigenvalue weighted by Crippen LogP contribution is 2.51. The van der Waals surface area contributed by atoms with Crippen molar-refractivity contribution in [3.8, 4) is 0 Å². The van der Waals surface area contributed by atoms with E-state index in [1.165, 1.54) is 44.9 Å². The summed E-state index contributed by atoms with van der Waals surface area (Å²) in [7, 11) is 0. The Kier molecular flexibility index (Phi) is 4.63. The van der Waals surface area contributed by atoms with E-state index < -0.39 is 0 Å². The smallest absolute Gasteiger partial charge is 0.126 e. The van der Waals surface area contributed by atoms with E-state index in [0.29, 0.717) is 11.3 Å². The van der Waals surface area contributed by atoms with Gasteiger partial charge in [0.15, 0.2) is 0 Å². The number of hydrogen-bond donors (Lipinski definition) is 1. The van der Waals surface area contributed by atoms with Gasteiger partial charge in [-0.3, -0.25) is 0 Å². The monoisotopic (exact) mass is 289 g/mol. The quantitative estimate of drug-likeness (QED) is 0.818. The summed E-state index contributed by atoms with van der Waals surface area (Å²) in [4.78, 5) is 0. The molecule has 0 radical (unpaired) electrons. The van der Waals surface area contributed by atoms with E-state index in [-0.39, 0.29) is 5.82 Å². The molecule has 116 valence electrons. The largest absolute Gasteiger partial charge is 0.316 e. The summed E-state index contributed by atoms with van der Waals surface area (Å²) in [6.07, 6.45) is 9.11. The van der Waals surface area contributed by atoms with Gasteiger partial charge >= 0.3 is 0 Å². The zero-order chi connectivity index (χ0) is 14.7. The lowest BCUT2D eigenvalue weighted by molar-refractivity contribution is 0.132. The van der Waals surface area contributed by atoms with Gasteiger partial charge in [0, 0.05) is 12.5 Å². The molecule has 0 bridgehead atoms. The molecule has 1 N–H and O–H groups in total. The van der Waals surface area contributed by atoms with Crippen LogP contribution in [0.25, 0.3) is 0 Å². The molecular weight excluding hydrogens is 261 g/mol. The molecule has 2 fully saturated rings. The van der Waals surface area contributed by atoms with Crippen molar-refractivity contribution in [1.82, 2.24) is 5.32 Å². The zero-order valence-corrected chi connectivity index (χ0v) is 13.2. The summed E-state index contributed by atoms with van der Waals surface area (Å²) in [5.41, 5.74) is 1.27. The van der Waals surface area contributed by atoms with Gasteiger partial charge in [-0.25, -0.2) is 4.39 Å². The third kappa shape index (κ3) is 3.01. The summed E-state index contributed by atoms with van der Waals surface area (Å²) in [5.74, 6) is 1.23. The van der Waals surface area contributed by atoms with Gasteiger partial charge in [0.25, 0.3) is 0 Å². The maximum absolute atomic E-state index is 14.3. The van der Waals surface area contributed by atoms with E-state index in [0.717, 1.165) is 24.6 Å². The Morgan fingerprint density at radius 3 is 2.86 bits per heavy atom. The summed E-state index contributed by atoms with van der Waals surface area (Å²) in [5, 5.41) is 3.51. The summed E-state index contributed by atoms with van der Waals surface area (Å²) in [6.45, 7) is 4.36. The molecule has 1 aromatic carbocycles. The fraction of sp³-hybridized carbons (Fsp3) is 0.684. The van der Waals surface area contributed by atoms with E-state index in [4.69, 9.17) is 0 Å². The molecular formula is C19H28FN. The topological polar surface area (TPSA) is 12.0 Å².